The molecule has 1 aromatic rings. The first-order chi connectivity index (χ1) is 9.29. The molecule has 0 amide bonds. The molecule has 0 bridgehead atoms. The monoisotopic (exact) mass is 260 g/mol. The van der Waals surface area contributed by atoms with E-state index in [0.29, 0.717) is 5.56 Å². The minimum Gasteiger partial charge on any atom is -0.497 e. The predicted molar refractivity (Wildman–Crippen MR) is 74.4 cm³/mol. The largest absolute Gasteiger partial charge is 0.497 e. The second kappa shape index (κ2) is 6.98. The second-order valence-corrected chi connectivity index (χ2v) is 4.74. The first-order valence-electron chi connectivity index (χ1n) is 6.81. The van der Waals surface area contributed by atoms with Gasteiger partial charge in [0.1, 0.15) is 11.9 Å². The molecule has 0 fully saturated rings. The molecule has 19 heavy (non-hydrogen) atoms. The van der Waals surface area contributed by atoms with Gasteiger partial charge in [-0.05, 0) is 56.0 Å². The van der Waals surface area contributed by atoms with Crippen molar-refractivity contribution in [3.05, 3.63) is 42.0 Å². The van der Waals surface area contributed by atoms with Gasteiger partial charge in [0.05, 0.1) is 12.7 Å². The highest BCUT2D eigenvalue weighted by molar-refractivity contribution is 5.89. The number of ether oxygens (including phenoxy) is 2. The Morgan fingerprint density at radius 2 is 1.95 bits per heavy atom. The van der Waals surface area contributed by atoms with Gasteiger partial charge in [0.15, 0.2) is 0 Å². The van der Waals surface area contributed by atoms with Crippen LogP contribution in [0, 0.1) is 0 Å². The molecule has 1 aromatic carbocycles. The number of methoxy groups -OCH3 is 1. The van der Waals surface area contributed by atoms with Crippen molar-refractivity contribution in [2.45, 2.75) is 38.2 Å². The smallest absolute Gasteiger partial charge is 0.338 e. The number of allylic oxidation sites excluding steroid dienone is 1. The summed E-state index contributed by atoms with van der Waals surface area (Å²) in [5, 5.41) is 0. The summed E-state index contributed by atoms with van der Waals surface area (Å²) >= 11 is 0. The molecule has 0 N–H and O–H groups in total. The highest BCUT2D eigenvalue weighted by atomic mass is 16.5. The van der Waals surface area contributed by atoms with E-state index in [9.17, 15) is 4.79 Å². The predicted octanol–water partition coefficient (Wildman–Crippen LogP) is 3.74. The SMILES string of the molecule is COc1ccc(C(=O)O[C@@H]2/C=C\CCCCC2)cc1. The summed E-state index contributed by atoms with van der Waals surface area (Å²) in [6.45, 7) is 0. The van der Waals surface area contributed by atoms with Crippen LogP contribution in [0.3, 0.4) is 0 Å². The summed E-state index contributed by atoms with van der Waals surface area (Å²) in [5.41, 5.74) is 0.566. The molecule has 0 spiro atoms. The van der Waals surface area contributed by atoms with Crippen molar-refractivity contribution in [3.63, 3.8) is 0 Å². The molecular weight excluding hydrogens is 240 g/mol. The minimum atomic E-state index is -0.266. The van der Waals surface area contributed by atoms with Gasteiger partial charge in [0.25, 0.3) is 0 Å². The van der Waals surface area contributed by atoms with Gasteiger partial charge < -0.3 is 9.47 Å². The fraction of sp³-hybridized carbons (Fsp3) is 0.438. The molecule has 1 aliphatic rings. The van der Waals surface area contributed by atoms with Gasteiger partial charge in [-0.1, -0.05) is 12.5 Å². The van der Waals surface area contributed by atoms with E-state index in [-0.39, 0.29) is 12.1 Å². The third-order valence-electron chi connectivity index (χ3n) is 3.29. The van der Waals surface area contributed by atoms with Gasteiger partial charge in [0.2, 0.25) is 0 Å². The van der Waals surface area contributed by atoms with Gasteiger partial charge >= 0.3 is 5.97 Å². The van der Waals surface area contributed by atoms with Crippen molar-refractivity contribution in [2.24, 2.45) is 0 Å². The lowest BCUT2D eigenvalue weighted by atomic mass is 10.0. The van der Waals surface area contributed by atoms with Crippen molar-refractivity contribution >= 4 is 5.97 Å². The van der Waals surface area contributed by atoms with Crippen LogP contribution in [-0.2, 0) is 4.74 Å². The first-order valence-corrected chi connectivity index (χ1v) is 6.81. The van der Waals surface area contributed by atoms with E-state index in [1.165, 1.54) is 12.8 Å². The molecular formula is C16H20O3. The van der Waals surface area contributed by atoms with Gasteiger partial charge in [-0.2, -0.15) is 0 Å². The van der Waals surface area contributed by atoms with Crippen molar-refractivity contribution in [3.8, 4) is 5.75 Å². The van der Waals surface area contributed by atoms with Gasteiger partial charge in [-0.15, -0.1) is 0 Å². The molecule has 0 aliphatic heterocycles. The Morgan fingerprint density at radius 3 is 2.68 bits per heavy atom. The van der Waals surface area contributed by atoms with Gasteiger partial charge in [-0.3, -0.25) is 0 Å². The number of hydrogen-bond acceptors (Lipinski definition) is 3. The summed E-state index contributed by atoms with van der Waals surface area (Å²) in [7, 11) is 1.60. The molecule has 2 rings (SSSR count). The van der Waals surface area contributed by atoms with Crippen LogP contribution in [-0.4, -0.2) is 19.2 Å². The van der Waals surface area contributed by atoms with Crippen LogP contribution in [0.2, 0.25) is 0 Å². The Bertz CT molecular complexity index is 434. The number of rotatable bonds is 3. The maximum absolute atomic E-state index is 12.0. The quantitative estimate of drug-likeness (QED) is 0.613. The van der Waals surface area contributed by atoms with Crippen molar-refractivity contribution in [1.29, 1.82) is 0 Å². The third-order valence-corrected chi connectivity index (χ3v) is 3.29. The second-order valence-electron chi connectivity index (χ2n) is 4.74. The fourth-order valence-corrected chi connectivity index (χ4v) is 2.16. The maximum atomic E-state index is 12.0. The van der Waals surface area contributed by atoms with Crippen LogP contribution >= 0.6 is 0 Å². The summed E-state index contributed by atoms with van der Waals surface area (Å²) < 4.78 is 10.6. The van der Waals surface area contributed by atoms with Crippen LogP contribution in [0.1, 0.15) is 42.5 Å². The summed E-state index contributed by atoms with van der Waals surface area (Å²) in [4.78, 5) is 12.0. The van der Waals surface area contributed by atoms with E-state index < -0.39 is 0 Å². The molecule has 0 unspecified atom stereocenters. The molecule has 3 heteroatoms. The lowest BCUT2D eigenvalue weighted by Crippen LogP contribution is -2.16. The zero-order valence-corrected chi connectivity index (χ0v) is 11.3. The number of hydrogen-bond donors (Lipinski definition) is 0. The van der Waals surface area contributed by atoms with E-state index in [2.05, 4.69) is 6.08 Å². The standard InChI is InChI=1S/C16H20O3/c1-18-14-11-9-13(10-12-14)16(17)19-15-7-5-3-2-4-6-8-15/h5,7,9-12,15H,2-4,6,8H2,1H3/b7-5-/t15-/m1/s1. The van der Waals surface area contributed by atoms with E-state index >= 15 is 0 Å². The number of carbonyl (C=O) groups is 1. The van der Waals surface area contributed by atoms with E-state index in [1.54, 1.807) is 31.4 Å². The average Bonchev–Trinajstić information content (AvgIpc) is 2.41. The lowest BCUT2D eigenvalue weighted by molar-refractivity contribution is 0.0374. The molecule has 0 saturated heterocycles. The first kappa shape index (κ1) is 13.7. The minimum absolute atomic E-state index is 0.0881. The maximum Gasteiger partial charge on any atom is 0.338 e. The molecule has 1 aliphatic carbocycles. The normalized spacial score (nSPS) is 21.0. The summed E-state index contributed by atoms with van der Waals surface area (Å²) in [6.07, 6.45) is 9.59. The summed E-state index contributed by atoms with van der Waals surface area (Å²) in [5.74, 6) is 0.472. The Morgan fingerprint density at radius 1 is 1.16 bits per heavy atom. The molecule has 0 heterocycles. The Hall–Kier alpha value is -1.77. The Labute approximate surface area is 114 Å². The van der Waals surface area contributed by atoms with Crippen LogP contribution in [0.5, 0.6) is 5.75 Å². The Balaban J connectivity index is 1.96. The molecule has 0 aromatic heterocycles. The van der Waals surface area contributed by atoms with Crippen molar-refractivity contribution in [1.82, 2.24) is 0 Å². The number of benzene rings is 1. The van der Waals surface area contributed by atoms with Crippen LogP contribution < -0.4 is 4.74 Å². The summed E-state index contributed by atoms with van der Waals surface area (Å²) in [6, 6.07) is 7.00. The lowest BCUT2D eigenvalue weighted by Gasteiger charge is -2.16. The molecule has 0 radical (unpaired) electrons. The Kier molecular flexibility index (Phi) is 5.01. The molecule has 0 saturated carbocycles. The van der Waals surface area contributed by atoms with E-state index in [4.69, 9.17) is 9.47 Å². The topological polar surface area (TPSA) is 35.5 Å². The number of carbonyl (C=O) groups excluding carboxylic acids is 1. The highest BCUT2D eigenvalue weighted by Crippen LogP contribution is 2.17. The van der Waals surface area contributed by atoms with Crippen molar-refractivity contribution < 1.29 is 14.3 Å². The van der Waals surface area contributed by atoms with Crippen molar-refractivity contribution in [2.75, 3.05) is 7.11 Å². The van der Waals surface area contributed by atoms with Gasteiger partial charge in [0, 0.05) is 0 Å². The zero-order valence-electron chi connectivity index (χ0n) is 11.3. The molecule has 3 nitrogen and oxygen atoms in total. The fourth-order valence-electron chi connectivity index (χ4n) is 2.16. The van der Waals surface area contributed by atoms with Crippen LogP contribution in [0.15, 0.2) is 36.4 Å². The van der Waals surface area contributed by atoms with E-state index in [0.717, 1.165) is 25.0 Å². The molecule has 1 atom stereocenters. The zero-order chi connectivity index (χ0) is 13.5. The average molecular weight is 260 g/mol. The van der Waals surface area contributed by atoms with Gasteiger partial charge in [-0.25, -0.2) is 4.79 Å². The number of esters is 1. The van der Waals surface area contributed by atoms with E-state index in [1.807, 2.05) is 6.08 Å². The van der Waals surface area contributed by atoms with Crippen LogP contribution in [0.25, 0.3) is 0 Å². The van der Waals surface area contributed by atoms with Crippen LogP contribution in [0.4, 0.5) is 0 Å². The highest BCUT2D eigenvalue weighted by Gasteiger charge is 2.14. The molecule has 102 valence electrons. The third kappa shape index (κ3) is 4.12.